The number of nitrogens with one attached hydrogen (secondary N) is 2. The van der Waals surface area contributed by atoms with Crippen LogP contribution in [0, 0.1) is 5.82 Å². The summed E-state index contributed by atoms with van der Waals surface area (Å²) in [5, 5.41) is 4.94. The van der Waals surface area contributed by atoms with Gasteiger partial charge in [-0.15, -0.1) is 11.3 Å². The van der Waals surface area contributed by atoms with Crippen molar-refractivity contribution >= 4 is 49.7 Å². The molecule has 0 aliphatic rings. The van der Waals surface area contributed by atoms with Crippen LogP contribution in [0.15, 0.2) is 77.3 Å². The first-order valence-electron chi connectivity index (χ1n) is 9.07. The van der Waals surface area contributed by atoms with Gasteiger partial charge in [-0.3, -0.25) is 19.8 Å². The summed E-state index contributed by atoms with van der Waals surface area (Å²) < 4.78 is 40.6. The molecule has 2 heterocycles. The van der Waals surface area contributed by atoms with Crippen molar-refractivity contribution in [1.82, 2.24) is 9.97 Å². The molecule has 2 N–H and O–H groups in total. The van der Waals surface area contributed by atoms with Gasteiger partial charge in [0.05, 0.1) is 21.3 Å². The number of anilines is 2. The first kappa shape index (κ1) is 21.9. The van der Waals surface area contributed by atoms with Gasteiger partial charge >= 0.3 is 0 Å². The molecule has 4 aromatic rings. The van der Waals surface area contributed by atoms with Crippen LogP contribution < -0.4 is 10.0 Å². The van der Waals surface area contributed by atoms with Crippen LogP contribution in [0.5, 0.6) is 0 Å². The quantitative estimate of drug-likeness (QED) is 0.395. The number of carbonyl (C=O) groups is 1. The van der Waals surface area contributed by atoms with Crippen molar-refractivity contribution in [3.05, 3.63) is 88.8 Å². The Labute approximate surface area is 192 Å². The minimum atomic E-state index is -4.03. The lowest BCUT2D eigenvalue weighted by molar-refractivity contribution is 0.102. The minimum Gasteiger partial charge on any atom is -0.298 e. The monoisotopic (exact) mass is 488 g/mol. The highest BCUT2D eigenvalue weighted by Gasteiger charge is 2.18. The van der Waals surface area contributed by atoms with Crippen LogP contribution in [0.3, 0.4) is 0 Å². The smallest absolute Gasteiger partial charge is 0.261 e. The van der Waals surface area contributed by atoms with Crippen molar-refractivity contribution < 1.29 is 17.6 Å². The van der Waals surface area contributed by atoms with Crippen molar-refractivity contribution in [2.45, 2.75) is 4.90 Å². The molecule has 0 fully saturated rings. The van der Waals surface area contributed by atoms with Crippen molar-refractivity contribution in [2.75, 3.05) is 10.0 Å². The summed E-state index contributed by atoms with van der Waals surface area (Å²) in [6.07, 6.45) is 3.32. The number of pyridine rings is 1. The van der Waals surface area contributed by atoms with E-state index in [0.717, 1.165) is 29.8 Å². The maximum Gasteiger partial charge on any atom is 0.261 e. The van der Waals surface area contributed by atoms with Crippen LogP contribution in [0.25, 0.3) is 11.3 Å². The fourth-order valence-electron chi connectivity index (χ4n) is 2.71. The summed E-state index contributed by atoms with van der Waals surface area (Å²) in [7, 11) is -4.03. The van der Waals surface area contributed by atoms with E-state index in [-0.39, 0.29) is 21.2 Å². The Kier molecular flexibility index (Phi) is 6.17. The van der Waals surface area contributed by atoms with Crippen LogP contribution in [0.2, 0.25) is 5.02 Å². The molecule has 32 heavy (non-hydrogen) atoms. The maximum atomic E-state index is 13.1. The number of sulfonamides is 1. The normalized spacial score (nSPS) is 11.2. The number of benzene rings is 2. The number of thiazole rings is 1. The zero-order valence-corrected chi connectivity index (χ0v) is 18.5. The first-order valence-corrected chi connectivity index (χ1v) is 11.8. The third-order valence-electron chi connectivity index (χ3n) is 4.28. The topological polar surface area (TPSA) is 101 Å². The highest BCUT2D eigenvalue weighted by molar-refractivity contribution is 7.92. The summed E-state index contributed by atoms with van der Waals surface area (Å²) in [5.74, 6) is -1.05. The molecule has 0 unspecified atom stereocenters. The average Bonchev–Trinajstić information content (AvgIpc) is 3.24. The second kappa shape index (κ2) is 9.03. The second-order valence-electron chi connectivity index (χ2n) is 6.49. The predicted octanol–water partition coefficient (Wildman–Crippen LogP) is 5.05. The average molecular weight is 489 g/mol. The van der Waals surface area contributed by atoms with Gasteiger partial charge in [-0.1, -0.05) is 11.6 Å². The van der Waals surface area contributed by atoms with Crippen molar-refractivity contribution in [3.63, 3.8) is 0 Å². The maximum absolute atomic E-state index is 13.1. The molecule has 1 amide bonds. The molecule has 0 saturated heterocycles. The van der Waals surface area contributed by atoms with Crippen LogP contribution in [-0.2, 0) is 10.0 Å². The molecule has 0 aliphatic heterocycles. The van der Waals surface area contributed by atoms with E-state index >= 15 is 0 Å². The van der Waals surface area contributed by atoms with Crippen LogP contribution in [0.4, 0.5) is 15.2 Å². The van der Waals surface area contributed by atoms with Gasteiger partial charge in [0.2, 0.25) is 0 Å². The highest BCUT2D eigenvalue weighted by atomic mass is 35.5. The Bertz CT molecular complexity index is 1380. The third kappa shape index (κ3) is 4.93. The summed E-state index contributed by atoms with van der Waals surface area (Å²) in [6.45, 7) is 0. The molecule has 4 rings (SSSR count). The van der Waals surface area contributed by atoms with Crippen molar-refractivity contribution in [1.29, 1.82) is 0 Å². The lowest BCUT2D eigenvalue weighted by atomic mass is 10.2. The first-order chi connectivity index (χ1) is 15.3. The molecular weight excluding hydrogens is 475 g/mol. The lowest BCUT2D eigenvalue weighted by Crippen LogP contribution is -2.15. The van der Waals surface area contributed by atoms with E-state index in [1.54, 1.807) is 23.8 Å². The van der Waals surface area contributed by atoms with E-state index in [1.807, 2.05) is 6.07 Å². The van der Waals surface area contributed by atoms with Gasteiger partial charge in [-0.2, -0.15) is 0 Å². The summed E-state index contributed by atoms with van der Waals surface area (Å²) in [5.41, 5.74) is 1.67. The minimum absolute atomic E-state index is 0.0128. The number of hydrogen-bond donors (Lipinski definition) is 2. The largest absolute Gasteiger partial charge is 0.298 e. The van der Waals surface area contributed by atoms with E-state index in [2.05, 4.69) is 20.0 Å². The number of amides is 1. The van der Waals surface area contributed by atoms with Crippen LogP contribution >= 0.6 is 22.9 Å². The molecule has 0 aliphatic carbocycles. The molecule has 0 saturated carbocycles. The second-order valence-corrected chi connectivity index (χ2v) is 9.44. The molecule has 0 radical (unpaired) electrons. The van der Waals surface area contributed by atoms with E-state index in [4.69, 9.17) is 11.6 Å². The molecule has 7 nitrogen and oxygen atoms in total. The lowest BCUT2D eigenvalue weighted by Gasteiger charge is -2.11. The zero-order chi connectivity index (χ0) is 22.7. The molecule has 162 valence electrons. The Hall–Kier alpha value is -3.34. The molecule has 11 heteroatoms. The van der Waals surface area contributed by atoms with Gasteiger partial charge in [-0.25, -0.2) is 17.8 Å². The van der Waals surface area contributed by atoms with Gasteiger partial charge in [0.1, 0.15) is 5.82 Å². The molecular formula is C21H14ClFN4O3S2. The number of carbonyl (C=O) groups excluding carboxylic acids is 1. The van der Waals surface area contributed by atoms with Gasteiger partial charge in [-0.05, 0) is 54.6 Å². The molecule has 0 spiro atoms. The van der Waals surface area contributed by atoms with Gasteiger partial charge in [0.15, 0.2) is 5.13 Å². The van der Waals surface area contributed by atoms with Gasteiger partial charge in [0.25, 0.3) is 15.9 Å². The molecule has 2 aromatic heterocycles. The third-order valence-corrected chi connectivity index (χ3v) is 6.75. The number of nitrogens with zero attached hydrogens (tertiary/aromatic N) is 2. The standard InChI is InChI=1S/C21H14ClFN4O3S2/c22-17-8-3-13(10-18(17)27-32(29,30)16-6-4-15(23)5-7-16)20(28)26-21-25-19(12-31-21)14-2-1-9-24-11-14/h1-12,27H,(H,25,26,28). The van der Waals surface area contributed by atoms with E-state index in [1.165, 1.54) is 29.5 Å². The van der Waals surface area contributed by atoms with E-state index < -0.39 is 21.7 Å². The SMILES string of the molecule is O=C(Nc1nc(-c2cccnc2)cs1)c1ccc(Cl)c(NS(=O)(=O)c2ccc(F)cc2)c1. The Morgan fingerprint density at radius 3 is 2.59 bits per heavy atom. The van der Waals surface area contributed by atoms with E-state index in [0.29, 0.717) is 10.8 Å². The summed E-state index contributed by atoms with van der Waals surface area (Å²) in [6, 6.07) is 12.2. The summed E-state index contributed by atoms with van der Waals surface area (Å²) in [4.78, 5) is 20.9. The van der Waals surface area contributed by atoms with Gasteiger partial charge in [0, 0.05) is 28.9 Å². The fourth-order valence-corrected chi connectivity index (χ4v) is 4.72. The number of halogens is 2. The highest BCUT2D eigenvalue weighted by Crippen LogP contribution is 2.28. The van der Waals surface area contributed by atoms with E-state index in [9.17, 15) is 17.6 Å². The number of aromatic nitrogens is 2. The Morgan fingerprint density at radius 1 is 1.09 bits per heavy atom. The zero-order valence-electron chi connectivity index (χ0n) is 16.1. The fraction of sp³-hybridized carbons (Fsp3) is 0. The van der Waals surface area contributed by atoms with Crippen molar-refractivity contribution in [3.8, 4) is 11.3 Å². The summed E-state index contributed by atoms with van der Waals surface area (Å²) >= 11 is 7.36. The predicted molar refractivity (Wildman–Crippen MR) is 122 cm³/mol. The molecule has 0 bridgehead atoms. The Morgan fingerprint density at radius 2 is 1.88 bits per heavy atom. The van der Waals surface area contributed by atoms with Crippen LogP contribution in [0.1, 0.15) is 10.4 Å². The number of hydrogen-bond acceptors (Lipinski definition) is 6. The molecule has 2 aromatic carbocycles. The molecule has 0 atom stereocenters. The van der Waals surface area contributed by atoms with Crippen LogP contribution in [-0.4, -0.2) is 24.3 Å². The van der Waals surface area contributed by atoms with Crippen molar-refractivity contribution in [2.24, 2.45) is 0 Å². The Balaban J connectivity index is 1.53. The number of rotatable bonds is 6. The van der Waals surface area contributed by atoms with Gasteiger partial charge < -0.3 is 0 Å².